The maximum absolute atomic E-state index is 12.4. The van der Waals surface area contributed by atoms with Gasteiger partial charge in [0.25, 0.3) is 0 Å². The number of rotatable bonds is 11. The Morgan fingerprint density at radius 2 is 1.69 bits per heavy atom. The molecule has 3 N–H and O–H groups in total. The first-order chi connectivity index (χ1) is 16.8. The Hall–Kier alpha value is -1.67. The van der Waals surface area contributed by atoms with Crippen LogP contribution in [0.1, 0.15) is 77.2 Å². The molecular formula is C27H41NO5S2. The molecule has 1 aromatic rings. The van der Waals surface area contributed by atoms with Crippen LogP contribution in [0, 0.1) is 17.8 Å². The second-order valence-electron chi connectivity index (χ2n) is 9.91. The van der Waals surface area contributed by atoms with E-state index < -0.39 is 18.0 Å². The molecule has 1 saturated heterocycles. The third kappa shape index (κ3) is 11.7. The predicted molar refractivity (Wildman–Crippen MR) is 145 cm³/mol. The summed E-state index contributed by atoms with van der Waals surface area (Å²) >= 11 is 0. The predicted octanol–water partition coefficient (Wildman–Crippen LogP) is 6.05. The number of hydrogen-bond donors (Lipinski definition) is 3. The molecule has 3 rings (SSSR count). The zero-order valence-electron chi connectivity index (χ0n) is 21.0. The van der Waals surface area contributed by atoms with Crippen molar-refractivity contribution in [2.24, 2.45) is 17.8 Å². The van der Waals surface area contributed by atoms with Crippen molar-refractivity contribution in [1.29, 1.82) is 0 Å². The molecule has 1 amide bonds. The Morgan fingerprint density at radius 1 is 1.00 bits per heavy atom. The van der Waals surface area contributed by atoms with Gasteiger partial charge in [-0.3, -0.25) is 9.59 Å². The van der Waals surface area contributed by atoms with Crippen LogP contribution in [-0.4, -0.2) is 45.1 Å². The average Bonchev–Trinajstić information content (AvgIpc) is 3.36. The molecule has 2 aliphatic rings. The number of hydrogen-bond acceptors (Lipinski definition) is 5. The summed E-state index contributed by atoms with van der Waals surface area (Å²) in [6, 6.07) is 8.57. The van der Waals surface area contributed by atoms with E-state index in [-0.39, 0.29) is 11.8 Å². The fourth-order valence-electron chi connectivity index (χ4n) is 4.60. The van der Waals surface area contributed by atoms with Crippen molar-refractivity contribution in [3.05, 3.63) is 35.9 Å². The van der Waals surface area contributed by atoms with E-state index in [4.69, 9.17) is 5.11 Å². The number of carbonyl (C=O) groups excluding carboxylic acids is 1. The van der Waals surface area contributed by atoms with Crippen LogP contribution in [-0.2, 0) is 20.8 Å². The Morgan fingerprint density at radius 3 is 2.23 bits per heavy atom. The molecule has 35 heavy (non-hydrogen) atoms. The van der Waals surface area contributed by atoms with E-state index in [0.717, 1.165) is 49.3 Å². The molecule has 1 saturated carbocycles. The highest BCUT2D eigenvalue weighted by molar-refractivity contribution is 8.77. The summed E-state index contributed by atoms with van der Waals surface area (Å²) in [6.07, 6.45) is 8.94. The first-order valence-electron chi connectivity index (χ1n) is 12.8. The SMILES string of the molecule is CC(C)C1CCC(C(=O)N[C@H](Cc2ccccc2)C(=O)O)CC1.O=C(O)CCCCC1CCSS1. The molecule has 1 aromatic carbocycles. The smallest absolute Gasteiger partial charge is 0.326 e. The van der Waals surface area contributed by atoms with Gasteiger partial charge in [-0.2, -0.15) is 0 Å². The van der Waals surface area contributed by atoms with Gasteiger partial charge >= 0.3 is 11.9 Å². The quantitative estimate of drug-likeness (QED) is 0.240. The van der Waals surface area contributed by atoms with Crippen molar-refractivity contribution in [2.75, 3.05) is 5.75 Å². The van der Waals surface area contributed by atoms with E-state index in [2.05, 4.69) is 19.2 Å². The zero-order chi connectivity index (χ0) is 25.6. The number of benzene rings is 1. The normalized spacial score (nSPS) is 22.7. The van der Waals surface area contributed by atoms with Crippen molar-refractivity contribution in [2.45, 2.75) is 89.3 Å². The highest BCUT2D eigenvalue weighted by Crippen LogP contribution is 2.39. The molecule has 6 nitrogen and oxygen atoms in total. The first-order valence-corrected chi connectivity index (χ1v) is 15.2. The van der Waals surface area contributed by atoms with E-state index in [9.17, 15) is 19.5 Å². The van der Waals surface area contributed by atoms with Gasteiger partial charge in [-0.25, -0.2) is 4.79 Å². The lowest BCUT2D eigenvalue weighted by molar-refractivity contribution is -0.142. The van der Waals surface area contributed by atoms with Crippen LogP contribution in [0.3, 0.4) is 0 Å². The lowest BCUT2D eigenvalue weighted by Gasteiger charge is -2.30. The lowest BCUT2D eigenvalue weighted by Crippen LogP contribution is -2.45. The number of unbranched alkanes of at least 4 members (excludes halogenated alkanes) is 1. The van der Waals surface area contributed by atoms with Gasteiger partial charge in [0.15, 0.2) is 0 Å². The van der Waals surface area contributed by atoms with Crippen molar-refractivity contribution in [1.82, 2.24) is 5.32 Å². The molecule has 8 heteroatoms. The molecule has 1 aliphatic heterocycles. The van der Waals surface area contributed by atoms with Gasteiger partial charge in [-0.15, -0.1) is 0 Å². The van der Waals surface area contributed by atoms with E-state index in [1.807, 2.05) is 51.9 Å². The average molecular weight is 524 g/mol. The van der Waals surface area contributed by atoms with Gasteiger partial charge in [0, 0.05) is 29.8 Å². The van der Waals surface area contributed by atoms with Crippen LogP contribution < -0.4 is 5.32 Å². The molecule has 196 valence electrons. The van der Waals surface area contributed by atoms with E-state index in [1.54, 1.807) is 0 Å². The summed E-state index contributed by atoms with van der Waals surface area (Å²) in [4.78, 5) is 34.0. The van der Waals surface area contributed by atoms with Crippen LogP contribution in [0.15, 0.2) is 30.3 Å². The van der Waals surface area contributed by atoms with Crippen molar-refractivity contribution >= 4 is 39.4 Å². The van der Waals surface area contributed by atoms with E-state index in [0.29, 0.717) is 24.7 Å². The second-order valence-corrected chi connectivity index (χ2v) is 12.7. The van der Waals surface area contributed by atoms with Crippen molar-refractivity contribution in [3.8, 4) is 0 Å². The molecule has 1 aliphatic carbocycles. The fourth-order valence-corrected chi connectivity index (χ4v) is 7.63. The van der Waals surface area contributed by atoms with Crippen molar-refractivity contribution in [3.63, 3.8) is 0 Å². The third-order valence-electron chi connectivity index (χ3n) is 6.88. The summed E-state index contributed by atoms with van der Waals surface area (Å²) in [6.45, 7) is 4.46. The molecule has 0 aromatic heterocycles. The van der Waals surface area contributed by atoms with Gasteiger partial charge in [-0.05, 0) is 62.3 Å². The van der Waals surface area contributed by atoms with Gasteiger partial charge in [0.1, 0.15) is 6.04 Å². The van der Waals surface area contributed by atoms with Gasteiger partial charge in [0.2, 0.25) is 5.91 Å². The summed E-state index contributed by atoms with van der Waals surface area (Å²) in [7, 11) is 3.92. The zero-order valence-corrected chi connectivity index (χ0v) is 22.6. The molecule has 0 bridgehead atoms. The summed E-state index contributed by atoms with van der Waals surface area (Å²) in [5, 5.41) is 21.3. The third-order valence-corrected chi connectivity index (χ3v) is 9.88. The van der Waals surface area contributed by atoms with Crippen LogP contribution in [0.2, 0.25) is 0 Å². The van der Waals surface area contributed by atoms with Gasteiger partial charge in [0.05, 0.1) is 0 Å². The largest absolute Gasteiger partial charge is 0.481 e. The fraction of sp³-hybridized carbons (Fsp3) is 0.667. The van der Waals surface area contributed by atoms with Crippen molar-refractivity contribution < 1.29 is 24.6 Å². The molecule has 2 fully saturated rings. The molecule has 1 unspecified atom stereocenters. The Labute approximate surface area is 217 Å². The number of carboxylic acid groups (broad SMARTS) is 2. The molecule has 1 heterocycles. The maximum atomic E-state index is 12.4. The highest BCUT2D eigenvalue weighted by atomic mass is 33.1. The monoisotopic (exact) mass is 523 g/mol. The standard InChI is InChI=1S/C19H27NO3.C8H14O2S2/c1-13(2)15-8-10-16(11-9-15)18(21)20-17(19(22)23)12-14-6-4-3-5-7-14;9-8(10)4-2-1-3-7-5-6-11-12-7/h3-7,13,15-17H,8-12H2,1-2H3,(H,20,21)(H,22,23);7H,1-6H2,(H,9,10)/t15?,16?,17-;/m1./s1. The number of nitrogens with one attached hydrogen (secondary N) is 1. The Bertz CT molecular complexity index is 775. The highest BCUT2D eigenvalue weighted by Gasteiger charge is 2.30. The minimum absolute atomic E-state index is 0.0392. The van der Waals surface area contributed by atoms with Crippen LogP contribution in [0.5, 0.6) is 0 Å². The minimum atomic E-state index is -0.974. The minimum Gasteiger partial charge on any atom is -0.481 e. The maximum Gasteiger partial charge on any atom is 0.326 e. The van der Waals surface area contributed by atoms with Gasteiger partial charge < -0.3 is 15.5 Å². The Kier molecular flexibility index (Phi) is 13.6. The molecule has 0 radical (unpaired) electrons. The van der Waals surface area contributed by atoms with Crippen LogP contribution >= 0.6 is 21.6 Å². The van der Waals surface area contributed by atoms with Gasteiger partial charge in [-0.1, -0.05) is 72.2 Å². The van der Waals surface area contributed by atoms with E-state index in [1.165, 1.54) is 18.6 Å². The number of carbonyl (C=O) groups is 3. The lowest BCUT2D eigenvalue weighted by atomic mass is 9.76. The topological polar surface area (TPSA) is 104 Å². The number of aliphatic carboxylic acids is 2. The van der Waals surface area contributed by atoms with Crippen LogP contribution in [0.4, 0.5) is 0 Å². The summed E-state index contributed by atoms with van der Waals surface area (Å²) in [5.41, 5.74) is 0.920. The van der Waals surface area contributed by atoms with Crippen LogP contribution in [0.25, 0.3) is 0 Å². The first kappa shape index (κ1) is 29.6. The summed E-state index contributed by atoms with van der Waals surface area (Å²) in [5.74, 6) is 0.844. The van der Waals surface area contributed by atoms with E-state index >= 15 is 0 Å². The molecular weight excluding hydrogens is 482 g/mol. The molecule has 0 spiro atoms. The summed E-state index contributed by atoms with van der Waals surface area (Å²) < 4.78 is 0. The number of carboxylic acids is 2. The Balaban J connectivity index is 0.000000303. The molecule has 2 atom stereocenters. The second kappa shape index (κ2) is 16.1. The number of amides is 1.